The third-order valence-corrected chi connectivity index (χ3v) is 3.41. The zero-order valence-electron chi connectivity index (χ0n) is 10.4. The van der Waals surface area contributed by atoms with E-state index in [1.807, 2.05) is 6.92 Å². The third-order valence-electron chi connectivity index (χ3n) is 2.33. The average Bonchev–Trinajstić information content (AvgIpc) is 2.75. The Kier molecular flexibility index (Phi) is 3.95. The van der Waals surface area contributed by atoms with Crippen LogP contribution in [0.4, 0.5) is 11.4 Å². The summed E-state index contributed by atoms with van der Waals surface area (Å²) in [6.45, 7) is 2.50. The largest absolute Gasteiger partial charge is 0.380 e. The van der Waals surface area contributed by atoms with Crippen molar-refractivity contribution in [3.05, 3.63) is 28.3 Å². The lowest BCUT2D eigenvalue weighted by Crippen LogP contribution is -2.02. The van der Waals surface area contributed by atoms with Crippen LogP contribution in [0.3, 0.4) is 0 Å². The lowest BCUT2D eigenvalue weighted by Gasteiger charge is -2.07. The molecular weight excluding hydrogens is 268 g/mol. The molecule has 0 aliphatic rings. The first-order valence-electron chi connectivity index (χ1n) is 5.55. The normalized spacial score (nSPS) is 10.4. The predicted octanol–water partition coefficient (Wildman–Crippen LogP) is 1.70. The van der Waals surface area contributed by atoms with Crippen LogP contribution in [0.15, 0.2) is 28.3 Å². The molecule has 8 nitrogen and oxygen atoms in total. The molecule has 19 heavy (non-hydrogen) atoms. The zero-order chi connectivity index (χ0) is 13.8. The first-order valence-corrected chi connectivity index (χ1v) is 6.36. The van der Waals surface area contributed by atoms with Crippen LogP contribution in [0.1, 0.15) is 6.92 Å². The van der Waals surface area contributed by atoms with Crippen molar-refractivity contribution in [3.8, 4) is 0 Å². The van der Waals surface area contributed by atoms with Crippen LogP contribution in [-0.2, 0) is 7.05 Å². The molecule has 1 aromatic heterocycles. The van der Waals surface area contributed by atoms with Gasteiger partial charge in [-0.25, -0.2) is 4.68 Å². The standard InChI is InChI=1S/C10H12N6O2S/c1-3-11-7-5-4-6-8(9(7)16(17)18)19-10-12-13-14-15(10)2/h4-6,11H,3H2,1-2H3. The number of aromatic nitrogens is 4. The van der Waals surface area contributed by atoms with Gasteiger partial charge in [-0.1, -0.05) is 6.07 Å². The van der Waals surface area contributed by atoms with E-state index >= 15 is 0 Å². The average molecular weight is 280 g/mol. The first-order chi connectivity index (χ1) is 9.13. The minimum atomic E-state index is -0.399. The van der Waals surface area contributed by atoms with Gasteiger partial charge in [-0.3, -0.25) is 10.1 Å². The predicted molar refractivity (Wildman–Crippen MR) is 70.2 cm³/mol. The highest BCUT2D eigenvalue weighted by atomic mass is 32.2. The monoisotopic (exact) mass is 280 g/mol. The highest BCUT2D eigenvalue weighted by Gasteiger charge is 2.21. The van der Waals surface area contributed by atoms with Gasteiger partial charge >= 0.3 is 5.69 Å². The van der Waals surface area contributed by atoms with Crippen LogP contribution >= 0.6 is 11.8 Å². The van der Waals surface area contributed by atoms with Gasteiger partial charge in [0.25, 0.3) is 0 Å². The summed E-state index contributed by atoms with van der Waals surface area (Å²) >= 11 is 1.16. The summed E-state index contributed by atoms with van der Waals surface area (Å²) in [6, 6.07) is 5.12. The van der Waals surface area contributed by atoms with Crippen LogP contribution in [0, 0.1) is 10.1 Å². The van der Waals surface area contributed by atoms with Gasteiger partial charge in [0.15, 0.2) is 0 Å². The van der Waals surface area contributed by atoms with E-state index < -0.39 is 4.92 Å². The Labute approximate surface area is 113 Å². The molecule has 1 aromatic carbocycles. The fourth-order valence-electron chi connectivity index (χ4n) is 1.53. The second-order valence-electron chi connectivity index (χ2n) is 3.63. The van der Waals surface area contributed by atoms with E-state index in [4.69, 9.17) is 0 Å². The Morgan fingerprint density at radius 2 is 2.32 bits per heavy atom. The van der Waals surface area contributed by atoms with Gasteiger partial charge in [0.1, 0.15) is 5.69 Å². The number of hydrogen-bond donors (Lipinski definition) is 1. The lowest BCUT2D eigenvalue weighted by atomic mass is 10.2. The van der Waals surface area contributed by atoms with E-state index in [9.17, 15) is 10.1 Å². The number of nitro groups is 1. The Bertz CT molecular complexity index is 599. The number of para-hydroxylation sites is 1. The SMILES string of the molecule is CCNc1cccc(Sc2nnnn2C)c1[N+](=O)[O-]. The number of rotatable bonds is 5. The summed E-state index contributed by atoms with van der Waals surface area (Å²) in [7, 11) is 1.68. The molecule has 2 rings (SSSR count). The molecule has 0 saturated carbocycles. The van der Waals surface area contributed by atoms with Crippen molar-refractivity contribution >= 4 is 23.1 Å². The molecule has 0 fully saturated rings. The van der Waals surface area contributed by atoms with Crippen molar-refractivity contribution in [3.63, 3.8) is 0 Å². The maximum atomic E-state index is 11.2. The Balaban J connectivity index is 2.42. The minimum Gasteiger partial charge on any atom is -0.380 e. The minimum absolute atomic E-state index is 0.0392. The Hall–Kier alpha value is -2.16. The summed E-state index contributed by atoms with van der Waals surface area (Å²) in [5.74, 6) is 0. The van der Waals surface area contributed by atoms with Gasteiger partial charge in [0.05, 0.1) is 9.82 Å². The molecule has 1 heterocycles. The summed E-state index contributed by atoms with van der Waals surface area (Å²) < 4.78 is 1.47. The molecular formula is C10H12N6O2S. The second kappa shape index (κ2) is 5.65. The van der Waals surface area contributed by atoms with Gasteiger partial charge in [-0.2, -0.15) is 0 Å². The zero-order valence-corrected chi connectivity index (χ0v) is 11.2. The second-order valence-corrected chi connectivity index (χ2v) is 4.64. The number of nitro benzene ring substituents is 1. The number of nitrogens with zero attached hydrogens (tertiary/aromatic N) is 5. The quantitative estimate of drug-likeness (QED) is 0.657. The number of nitrogens with one attached hydrogen (secondary N) is 1. The highest BCUT2D eigenvalue weighted by Crippen LogP contribution is 2.38. The van der Waals surface area contributed by atoms with Crippen LogP contribution in [0.2, 0.25) is 0 Å². The number of anilines is 1. The molecule has 0 atom stereocenters. The number of tetrazole rings is 1. The molecule has 0 bridgehead atoms. The van der Waals surface area contributed by atoms with Gasteiger partial charge in [0.2, 0.25) is 5.16 Å². The molecule has 0 unspecified atom stereocenters. The topological polar surface area (TPSA) is 98.8 Å². The summed E-state index contributed by atoms with van der Waals surface area (Å²) in [5, 5.41) is 25.7. The third kappa shape index (κ3) is 2.81. The van der Waals surface area contributed by atoms with E-state index in [2.05, 4.69) is 20.8 Å². The van der Waals surface area contributed by atoms with E-state index in [0.717, 1.165) is 11.8 Å². The van der Waals surface area contributed by atoms with Crippen molar-refractivity contribution in [2.24, 2.45) is 7.05 Å². The van der Waals surface area contributed by atoms with Crippen LogP contribution in [0.25, 0.3) is 0 Å². The molecule has 2 aromatic rings. The molecule has 9 heteroatoms. The van der Waals surface area contributed by atoms with E-state index in [1.54, 1.807) is 25.2 Å². The fourth-order valence-corrected chi connectivity index (χ4v) is 2.40. The van der Waals surface area contributed by atoms with Crippen LogP contribution < -0.4 is 5.32 Å². The van der Waals surface area contributed by atoms with Crippen molar-refractivity contribution in [1.29, 1.82) is 0 Å². The van der Waals surface area contributed by atoms with Crippen molar-refractivity contribution < 1.29 is 4.92 Å². The number of aryl methyl sites for hydroxylation is 1. The molecule has 0 saturated heterocycles. The first kappa shape index (κ1) is 13.3. The maximum Gasteiger partial charge on any atom is 0.306 e. The molecule has 0 amide bonds. The molecule has 0 aliphatic carbocycles. The molecule has 1 N–H and O–H groups in total. The smallest absolute Gasteiger partial charge is 0.306 e. The molecule has 100 valence electrons. The molecule has 0 radical (unpaired) electrons. The van der Waals surface area contributed by atoms with Gasteiger partial charge in [-0.05, 0) is 41.2 Å². The Morgan fingerprint density at radius 3 is 2.89 bits per heavy atom. The summed E-state index contributed by atoms with van der Waals surface area (Å²) in [4.78, 5) is 11.3. The lowest BCUT2D eigenvalue weighted by molar-refractivity contribution is -0.386. The van der Waals surface area contributed by atoms with E-state index in [1.165, 1.54) is 4.68 Å². The van der Waals surface area contributed by atoms with Crippen LogP contribution in [-0.4, -0.2) is 31.7 Å². The van der Waals surface area contributed by atoms with Crippen molar-refractivity contribution in [2.45, 2.75) is 17.0 Å². The molecule has 0 spiro atoms. The summed E-state index contributed by atoms with van der Waals surface area (Å²) in [5.41, 5.74) is 0.532. The number of benzene rings is 1. The highest BCUT2D eigenvalue weighted by molar-refractivity contribution is 7.99. The van der Waals surface area contributed by atoms with Crippen molar-refractivity contribution in [2.75, 3.05) is 11.9 Å². The van der Waals surface area contributed by atoms with Crippen molar-refractivity contribution in [1.82, 2.24) is 20.2 Å². The van der Waals surface area contributed by atoms with Gasteiger partial charge in [-0.15, -0.1) is 5.10 Å². The van der Waals surface area contributed by atoms with E-state index in [0.29, 0.717) is 22.3 Å². The summed E-state index contributed by atoms with van der Waals surface area (Å²) in [6.07, 6.45) is 0. The van der Waals surface area contributed by atoms with E-state index in [-0.39, 0.29) is 5.69 Å². The Morgan fingerprint density at radius 1 is 1.53 bits per heavy atom. The van der Waals surface area contributed by atoms with Gasteiger partial charge < -0.3 is 5.32 Å². The van der Waals surface area contributed by atoms with Gasteiger partial charge in [0, 0.05) is 13.6 Å². The fraction of sp³-hybridized carbons (Fsp3) is 0.300. The van der Waals surface area contributed by atoms with Crippen LogP contribution in [0.5, 0.6) is 0 Å². The number of hydrogen-bond acceptors (Lipinski definition) is 7. The molecule has 0 aliphatic heterocycles. The maximum absolute atomic E-state index is 11.2.